The standard InChI is InChI=1S/C29H33F4N5O3S/c1-28(2,3)41-27(39)18-11-12-21(24(16-18)40-5)34-14-7-8-22-26(42-29(31,32)33)23-9-6-10-25(38(23)36-22)35-20-13-15-37(4)17-19(20)30/h6,9-12,16,19-20,34-35H,13-15,17H2,1-5H3/t19-,20+/m0/s1. The Morgan fingerprint density at radius 3 is 2.64 bits per heavy atom. The molecule has 2 atom stereocenters. The van der Waals surface area contributed by atoms with Gasteiger partial charge in [-0.2, -0.15) is 18.3 Å². The number of benzene rings is 1. The van der Waals surface area contributed by atoms with E-state index in [2.05, 4.69) is 27.6 Å². The Hall–Kier alpha value is -3.63. The summed E-state index contributed by atoms with van der Waals surface area (Å²) in [5.74, 6) is 5.82. The van der Waals surface area contributed by atoms with Gasteiger partial charge < -0.3 is 25.0 Å². The summed E-state index contributed by atoms with van der Waals surface area (Å²) in [6, 6.07) is 9.03. The molecule has 3 aromatic rings. The van der Waals surface area contributed by atoms with Crippen molar-refractivity contribution >= 4 is 34.8 Å². The third kappa shape index (κ3) is 8.01. The van der Waals surface area contributed by atoms with Crippen molar-refractivity contribution in [1.29, 1.82) is 0 Å². The van der Waals surface area contributed by atoms with Crippen LogP contribution in [-0.4, -0.2) is 77.6 Å². The molecule has 13 heteroatoms. The van der Waals surface area contributed by atoms with Gasteiger partial charge in [0, 0.05) is 13.1 Å². The van der Waals surface area contributed by atoms with Crippen LogP contribution in [0.25, 0.3) is 5.52 Å². The van der Waals surface area contributed by atoms with E-state index in [4.69, 9.17) is 9.47 Å². The number of esters is 1. The topological polar surface area (TPSA) is 80.1 Å². The molecule has 2 aromatic heterocycles. The Balaban J connectivity index is 1.56. The molecule has 1 aliphatic rings. The lowest BCUT2D eigenvalue weighted by atomic mass is 10.0. The number of piperidine rings is 1. The van der Waals surface area contributed by atoms with Gasteiger partial charge in [0.15, 0.2) is 0 Å². The van der Waals surface area contributed by atoms with Crippen molar-refractivity contribution in [3.63, 3.8) is 0 Å². The van der Waals surface area contributed by atoms with E-state index in [1.165, 1.54) is 23.8 Å². The number of carbonyl (C=O) groups is 1. The molecular formula is C29H33F4N5O3S. The summed E-state index contributed by atoms with van der Waals surface area (Å²) >= 11 is -0.291. The lowest BCUT2D eigenvalue weighted by Gasteiger charge is -2.33. The maximum absolute atomic E-state index is 14.7. The summed E-state index contributed by atoms with van der Waals surface area (Å²) in [5, 5.41) is 10.5. The van der Waals surface area contributed by atoms with Crippen LogP contribution in [0.2, 0.25) is 0 Å². The number of carbonyl (C=O) groups excluding carboxylic acids is 1. The van der Waals surface area contributed by atoms with Crippen LogP contribution < -0.4 is 15.4 Å². The molecule has 0 aliphatic carbocycles. The fourth-order valence-corrected chi connectivity index (χ4v) is 5.11. The summed E-state index contributed by atoms with van der Waals surface area (Å²) in [6.45, 7) is 6.32. The normalized spacial score (nSPS) is 17.8. The van der Waals surface area contributed by atoms with E-state index in [1.54, 1.807) is 45.0 Å². The number of hydrogen-bond donors (Lipinski definition) is 2. The van der Waals surface area contributed by atoms with Crippen LogP contribution in [0.15, 0.2) is 41.3 Å². The van der Waals surface area contributed by atoms with Gasteiger partial charge in [0.1, 0.15) is 29.0 Å². The van der Waals surface area contributed by atoms with Crippen molar-refractivity contribution < 1.29 is 31.8 Å². The van der Waals surface area contributed by atoms with Crippen LogP contribution >= 0.6 is 11.8 Å². The van der Waals surface area contributed by atoms with Crippen LogP contribution in [0.1, 0.15) is 43.2 Å². The second-order valence-corrected chi connectivity index (χ2v) is 11.9. The fraction of sp³-hybridized carbons (Fsp3) is 0.448. The average Bonchev–Trinajstić information content (AvgIpc) is 3.23. The number of nitrogens with zero attached hydrogens (tertiary/aromatic N) is 3. The molecule has 0 unspecified atom stereocenters. The number of thioether (sulfide) groups is 1. The minimum Gasteiger partial charge on any atom is -0.495 e. The van der Waals surface area contributed by atoms with E-state index >= 15 is 0 Å². The molecule has 0 amide bonds. The van der Waals surface area contributed by atoms with Gasteiger partial charge >= 0.3 is 11.5 Å². The Morgan fingerprint density at radius 2 is 1.98 bits per heavy atom. The van der Waals surface area contributed by atoms with Gasteiger partial charge in [0.05, 0.1) is 41.4 Å². The summed E-state index contributed by atoms with van der Waals surface area (Å²) in [7, 11) is 3.29. The lowest BCUT2D eigenvalue weighted by Crippen LogP contribution is -2.46. The Kier molecular flexibility index (Phi) is 9.47. The first-order valence-corrected chi connectivity index (χ1v) is 14.1. The number of anilines is 2. The van der Waals surface area contributed by atoms with Gasteiger partial charge in [0.2, 0.25) is 0 Å². The molecule has 4 rings (SSSR count). The highest BCUT2D eigenvalue weighted by atomic mass is 32.2. The molecule has 3 heterocycles. The van der Waals surface area contributed by atoms with E-state index in [1.807, 2.05) is 11.9 Å². The molecule has 1 fully saturated rings. The van der Waals surface area contributed by atoms with E-state index < -0.39 is 29.3 Å². The highest BCUT2D eigenvalue weighted by Crippen LogP contribution is 2.41. The summed E-state index contributed by atoms with van der Waals surface area (Å²) in [4.78, 5) is 14.1. The minimum absolute atomic E-state index is 0.0520. The van der Waals surface area contributed by atoms with Crippen molar-refractivity contribution in [2.24, 2.45) is 0 Å². The number of methoxy groups -OCH3 is 1. The summed E-state index contributed by atoms with van der Waals surface area (Å²) in [5.41, 5.74) is -4.23. The highest BCUT2D eigenvalue weighted by molar-refractivity contribution is 8.00. The maximum atomic E-state index is 14.7. The monoisotopic (exact) mass is 607 g/mol. The molecule has 0 bridgehead atoms. The van der Waals surface area contributed by atoms with Crippen molar-refractivity contribution in [1.82, 2.24) is 14.5 Å². The first-order valence-electron chi connectivity index (χ1n) is 13.2. The number of nitrogens with one attached hydrogen (secondary N) is 2. The molecule has 1 aromatic carbocycles. The van der Waals surface area contributed by atoms with Crippen LogP contribution in [-0.2, 0) is 4.74 Å². The number of likely N-dealkylation sites (tertiary alicyclic amines) is 1. The van der Waals surface area contributed by atoms with Gasteiger partial charge in [-0.1, -0.05) is 12.0 Å². The summed E-state index contributed by atoms with van der Waals surface area (Å²) in [6.07, 6.45) is -0.598. The third-order valence-corrected chi connectivity index (χ3v) is 7.16. The molecule has 1 aliphatic heterocycles. The molecule has 2 N–H and O–H groups in total. The Morgan fingerprint density at radius 1 is 1.21 bits per heavy atom. The van der Waals surface area contributed by atoms with Crippen LogP contribution in [0.3, 0.4) is 0 Å². The number of fused-ring (bicyclic) bond motifs is 1. The number of hydrogen-bond acceptors (Lipinski definition) is 8. The molecule has 8 nitrogen and oxygen atoms in total. The predicted octanol–water partition coefficient (Wildman–Crippen LogP) is 5.83. The number of alkyl halides is 4. The Labute approximate surface area is 246 Å². The largest absolute Gasteiger partial charge is 0.495 e. The number of ether oxygens (including phenoxy) is 2. The minimum atomic E-state index is -4.57. The van der Waals surface area contributed by atoms with Crippen molar-refractivity contribution in [2.75, 3.05) is 44.4 Å². The SMILES string of the molecule is COc1cc(C(=O)OC(C)(C)C)ccc1NCC#Cc1nn2c(N[C@@H]3CCN(C)C[C@@H]3F)cccc2c1SC(F)(F)F. The number of pyridine rings is 1. The molecule has 0 radical (unpaired) electrons. The molecule has 42 heavy (non-hydrogen) atoms. The average molecular weight is 608 g/mol. The quantitative estimate of drug-likeness (QED) is 0.150. The zero-order valence-electron chi connectivity index (χ0n) is 23.9. The number of aromatic nitrogens is 2. The van der Waals surface area contributed by atoms with E-state index in [9.17, 15) is 22.4 Å². The predicted molar refractivity (Wildman–Crippen MR) is 155 cm³/mol. The fourth-order valence-electron chi connectivity index (χ4n) is 4.43. The number of halogens is 4. The van der Waals surface area contributed by atoms with Crippen LogP contribution in [0.5, 0.6) is 5.75 Å². The van der Waals surface area contributed by atoms with Gasteiger partial charge in [-0.3, -0.25) is 0 Å². The van der Waals surface area contributed by atoms with Crippen molar-refractivity contribution in [2.45, 2.75) is 55.4 Å². The molecule has 0 saturated carbocycles. The zero-order chi connectivity index (χ0) is 30.7. The second-order valence-electron chi connectivity index (χ2n) is 10.8. The first-order chi connectivity index (χ1) is 19.7. The molecule has 226 valence electrons. The van der Waals surface area contributed by atoms with Gasteiger partial charge in [0.25, 0.3) is 0 Å². The maximum Gasteiger partial charge on any atom is 0.446 e. The molecule has 0 spiro atoms. The van der Waals surface area contributed by atoms with Crippen molar-refractivity contribution in [3.8, 4) is 17.6 Å². The smallest absolute Gasteiger partial charge is 0.446 e. The lowest BCUT2D eigenvalue weighted by molar-refractivity contribution is -0.0328. The Bertz CT molecular complexity index is 1490. The van der Waals surface area contributed by atoms with Gasteiger partial charge in [-0.05, 0) is 82.3 Å². The van der Waals surface area contributed by atoms with E-state index in [0.717, 1.165) is 0 Å². The molecular weight excluding hydrogens is 574 g/mol. The zero-order valence-corrected chi connectivity index (χ0v) is 24.8. The van der Waals surface area contributed by atoms with Crippen molar-refractivity contribution in [3.05, 3.63) is 47.7 Å². The second kappa shape index (κ2) is 12.7. The third-order valence-electron chi connectivity index (χ3n) is 6.32. The van der Waals surface area contributed by atoms with Crippen LogP contribution in [0, 0.1) is 11.8 Å². The first kappa shape index (κ1) is 31.3. The molecule has 1 saturated heterocycles. The van der Waals surface area contributed by atoms with E-state index in [-0.39, 0.29) is 41.0 Å². The number of rotatable bonds is 7. The highest BCUT2D eigenvalue weighted by Gasteiger charge is 2.33. The van der Waals surface area contributed by atoms with Crippen LogP contribution in [0.4, 0.5) is 29.1 Å². The van der Waals surface area contributed by atoms with Gasteiger partial charge in [-0.25, -0.2) is 13.7 Å². The van der Waals surface area contributed by atoms with E-state index in [0.29, 0.717) is 35.8 Å². The van der Waals surface area contributed by atoms with Gasteiger partial charge in [-0.15, -0.1) is 0 Å². The summed E-state index contributed by atoms with van der Waals surface area (Å²) < 4.78 is 67.3.